The third-order valence-corrected chi connectivity index (χ3v) is 3.93. The molecule has 0 saturated carbocycles. The van der Waals surface area contributed by atoms with Crippen LogP contribution < -0.4 is 11.2 Å². The fraction of sp³-hybridized carbons (Fsp3) is 0.562. The topological polar surface area (TPSA) is 80.4 Å². The first-order valence-electron chi connectivity index (χ1n) is 7.58. The second-order valence-corrected chi connectivity index (χ2v) is 5.52. The molecule has 0 radical (unpaired) electrons. The summed E-state index contributed by atoms with van der Waals surface area (Å²) in [6, 6.07) is 5.41. The lowest BCUT2D eigenvalue weighted by atomic mass is 9.81. The van der Waals surface area contributed by atoms with Gasteiger partial charge < -0.3 is 11.2 Å². The number of amides is 1. The Labute approximate surface area is 127 Å². The first-order chi connectivity index (χ1) is 10.1. The van der Waals surface area contributed by atoms with Crippen LogP contribution in [0.15, 0.2) is 29.5 Å². The molecule has 0 bridgehead atoms. The van der Waals surface area contributed by atoms with Gasteiger partial charge in [-0.15, -0.1) is 0 Å². The zero-order valence-corrected chi connectivity index (χ0v) is 13.2. The molecule has 1 aromatic rings. The highest BCUT2D eigenvalue weighted by atomic mass is 16.2. The van der Waals surface area contributed by atoms with Crippen molar-refractivity contribution in [2.45, 2.75) is 52.9 Å². The average molecular weight is 290 g/mol. The van der Waals surface area contributed by atoms with E-state index >= 15 is 0 Å². The van der Waals surface area contributed by atoms with Crippen molar-refractivity contribution < 1.29 is 4.79 Å². The van der Waals surface area contributed by atoms with Crippen molar-refractivity contribution >= 4 is 11.7 Å². The molecule has 21 heavy (non-hydrogen) atoms. The fourth-order valence-electron chi connectivity index (χ4n) is 2.14. The molecular formula is C16H26N4O. The highest BCUT2D eigenvalue weighted by Crippen LogP contribution is 2.28. The van der Waals surface area contributed by atoms with Crippen molar-refractivity contribution in [3.05, 3.63) is 30.1 Å². The lowest BCUT2D eigenvalue weighted by Gasteiger charge is -2.27. The summed E-state index contributed by atoms with van der Waals surface area (Å²) in [5.41, 5.74) is 0.167. The van der Waals surface area contributed by atoms with Crippen molar-refractivity contribution in [2.75, 3.05) is 0 Å². The summed E-state index contributed by atoms with van der Waals surface area (Å²) >= 11 is 0. The third-order valence-electron chi connectivity index (χ3n) is 3.93. The number of carbonyl (C=O) groups excluding carboxylic acids is 1. The van der Waals surface area contributed by atoms with Crippen LogP contribution in [0.1, 0.15) is 58.6 Å². The van der Waals surface area contributed by atoms with Crippen LogP contribution >= 0.6 is 0 Å². The maximum absolute atomic E-state index is 12.6. The van der Waals surface area contributed by atoms with Gasteiger partial charge in [0.2, 0.25) is 5.91 Å². The maximum atomic E-state index is 12.6. The standard InChI is InChI=1S/C16H26N4O/c1-4-6-8-11-16(3,5-2)15(21)19-14(20-17)13-10-7-9-12-18-13/h7,9-10,12H,4-6,8,11,17H2,1-3H3,(H,19,20,21). The number of hydrogen-bond donors (Lipinski definition) is 2. The lowest BCUT2D eigenvalue weighted by molar-refractivity contribution is -0.129. The van der Waals surface area contributed by atoms with E-state index in [0.717, 1.165) is 32.1 Å². The van der Waals surface area contributed by atoms with Crippen LogP contribution in [0.4, 0.5) is 0 Å². The van der Waals surface area contributed by atoms with Gasteiger partial charge in [-0.05, 0) is 25.0 Å². The highest BCUT2D eigenvalue weighted by Gasteiger charge is 2.31. The van der Waals surface area contributed by atoms with E-state index < -0.39 is 5.41 Å². The Kier molecular flexibility index (Phi) is 6.85. The number of rotatable bonds is 7. The third kappa shape index (κ3) is 4.85. The number of hydrazone groups is 1. The van der Waals surface area contributed by atoms with E-state index in [1.807, 2.05) is 19.9 Å². The number of nitrogens with zero attached hydrogens (tertiary/aromatic N) is 2. The number of nitrogens with two attached hydrogens (primary N) is 1. The zero-order valence-electron chi connectivity index (χ0n) is 13.2. The van der Waals surface area contributed by atoms with E-state index in [4.69, 9.17) is 5.84 Å². The van der Waals surface area contributed by atoms with Crippen LogP contribution in [0.5, 0.6) is 0 Å². The van der Waals surface area contributed by atoms with Gasteiger partial charge in [-0.1, -0.05) is 46.1 Å². The van der Waals surface area contributed by atoms with Crippen molar-refractivity contribution in [3.63, 3.8) is 0 Å². The van der Waals surface area contributed by atoms with Crippen LogP contribution in [0.3, 0.4) is 0 Å². The van der Waals surface area contributed by atoms with Gasteiger partial charge in [0.1, 0.15) is 5.69 Å². The summed E-state index contributed by atoms with van der Waals surface area (Å²) in [5, 5.41) is 6.49. The molecule has 1 amide bonds. The average Bonchev–Trinajstić information content (AvgIpc) is 2.53. The van der Waals surface area contributed by atoms with Crippen LogP contribution in [-0.4, -0.2) is 16.7 Å². The van der Waals surface area contributed by atoms with E-state index in [9.17, 15) is 4.79 Å². The molecule has 116 valence electrons. The molecule has 1 rings (SSSR count). The summed E-state index contributed by atoms with van der Waals surface area (Å²) in [6.45, 7) is 6.18. The van der Waals surface area contributed by atoms with Gasteiger partial charge in [-0.25, -0.2) is 0 Å². The van der Waals surface area contributed by atoms with Gasteiger partial charge in [-0.3, -0.25) is 9.78 Å². The molecule has 0 aliphatic carbocycles. The Bertz CT molecular complexity index is 472. The van der Waals surface area contributed by atoms with Crippen molar-refractivity contribution in [1.29, 1.82) is 0 Å². The number of unbranched alkanes of at least 4 members (excludes halogenated alkanes) is 2. The molecule has 0 aliphatic rings. The smallest absolute Gasteiger partial charge is 0.231 e. The summed E-state index contributed by atoms with van der Waals surface area (Å²) in [6.07, 6.45) is 6.62. The van der Waals surface area contributed by atoms with E-state index in [2.05, 4.69) is 22.3 Å². The largest absolute Gasteiger partial charge is 0.321 e. The zero-order chi connectivity index (χ0) is 15.7. The maximum Gasteiger partial charge on any atom is 0.231 e. The molecule has 0 aromatic carbocycles. The first kappa shape index (κ1) is 17.1. The molecule has 1 atom stereocenters. The molecule has 0 saturated heterocycles. The Morgan fingerprint density at radius 2 is 2.14 bits per heavy atom. The van der Waals surface area contributed by atoms with Gasteiger partial charge in [0.25, 0.3) is 0 Å². The lowest BCUT2D eigenvalue weighted by Crippen LogP contribution is -2.43. The van der Waals surface area contributed by atoms with E-state index in [-0.39, 0.29) is 5.91 Å². The Balaban J connectivity index is 2.77. The van der Waals surface area contributed by atoms with Gasteiger partial charge in [0.05, 0.1) is 0 Å². The predicted octanol–water partition coefficient (Wildman–Crippen LogP) is 2.81. The van der Waals surface area contributed by atoms with E-state index in [1.165, 1.54) is 0 Å². The molecule has 3 N–H and O–H groups in total. The monoisotopic (exact) mass is 290 g/mol. The number of pyridine rings is 1. The molecule has 1 heterocycles. The highest BCUT2D eigenvalue weighted by molar-refractivity contribution is 6.07. The molecule has 1 unspecified atom stereocenters. The van der Waals surface area contributed by atoms with Crippen LogP contribution in [-0.2, 0) is 4.79 Å². The second kappa shape index (κ2) is 8.39. The summed E-state index contributed by atoms with van der Waals surface area (Å²) in [7, 11) is 0. The van der Waals surface area contributed by atoms with Crippen LogP contribution in [0.2, 0.25) is 0 Å². The number of nitrogens with one attached hydrogen (secondary N) is 1. The minimum absolute atomic E-state index is 0.0454. The quantitative estimate of drug-likeness (QED) is 0.266. The number of carbonyl (C=O) groups is 1. The Hall–Kier alpha value is -1.91. The summed E-state index contributed by atoms with van der Waals surface area (Å²) in [4.78, 5) is 16.7. The minimum atomic E-state index is -0.403. The molecule has 5 nitrogen and oxygen atoms in total. The number of aromatic nitrogens is 1. The number of amidine groups is 1. The Morgan fingerprint density at radius 1 is 1.38 bits per heavy atom. The molecule has 0 aliphatic heterocycles. The van der Waals surface area contributed by atoms with E-state index in [0.29, 0.717) is 11.5 Å². The fourth-order valence-corrected chi connectivity index (χ4v) is 2.14. The van der Waals surface area contributed by atoms with Gasteiger partial charge in [-0.2, -0.15) is 5.10 Å². The normalized spacial score (nSPS) is 14.5. The first-order valence-corrected chi connectivity index (χ1v) is 7.58. The molecular weight excluding hydrogens is 264 g/mol. The van der Waals surface area contributed by atoms with E-state index in [1.54, 1.807) is 18.3 Å². The van der Waals surface area contributed by atoms with Crippen LogP contribution in [0.25, 0.3) is 0 Å². The summed E-state index contributed by atoms with van der Waals surface area (Å²) < 4.78 is 0. The van der Waals surface area contributed by atoms with Crippen molar-refractivity contribution in [1.82, 2.24) is 10.3 Å². The number of hydrogen-bond acceptors (Lipinski definition) is 4. The van der Waals surface area contributed by atoms with Crippen LogP contribution in [0, 0.1) is 5.41 Å². The SMILES string of the molecule is CCCCCC(C)(CC)C(=O)N/C(=N/N)c1ccccn1. The predicted molar refractivity (Wildman–Crippen MR) is 85.6 cm³/mol. The van der Waals surface area contributed by atoms with Gasteiger partial charge in [0.15, 0.2) is 5.84 Å². The van der Waals surface area contributed by atoms with Gasteiger partial charge in [0, 0.05) is 11.6 Å². The Morgan fingerprint density at radius 3 is 2.67 bits per heavy atom. The summed E-state index contributed by atoms with van der Waals surface area (Å²) in [5.74, 6) is 5.66. The second-order valence-electron chi connectivity index (χ2n) is 5.52. The molecule has 0 fully saturated rings. The minimum Gasteiger partial charge on any atom is -0.321 e. The van der Waals surface area contributed by atoms with Crippen molar-refractivity contribution in [3.8, 4) is 0 Å². The van der Waals surface area contributed by atoms with Gasteiger partial charge >= 0.3 is 0 Å². The molecule has 0 spiro atoms. The molecule has 5 heteroatoms. The molecule has 1 aromatic heterocycles. The van der Waals surface area contributed by atoms with Crippen molar-refractivity contribution in [2.24, 2.45) is 16.4 Å².